The number of amides is 2. The Balaban J connectivity index is 1.58. The van der Waals surface area contributed by atoms with Gasteiger partial charge in [-0.05, 0) is 72.8 Å². The van der Waals surface area contributed by atoms with Crippen LogP contribution in [0, 0.1) is 6.92 Å². The molecule has 3 aromatic carbocycles. The van der Waals surface area contributed by atoms with E-state index in [4.69, 9.17) is 16.3 Å². The summed E-state index contributed by atoms with van der Waals surface area (Å²) in [5.74, 6) is -0.646. The largest absolute Gasteiger partial charge is 0.422 e. The van der Waals surface area contributed by atoms with Crippen LogP contribution in [0.4, 0.5) is 4.79 Å². The summed E-state index contributed by atoms with van der Waals surface area (Å²) in [6.07, 6.45) is 1.56. The molecule has 0 aliphatic carbocycles. The van der Waals surface area contributed by atoms with Crippen molar-refractivity contribution >= 4 is 62.5 Å². The summed E-state index contributed by atoms with van der Waals surface area (Å²) in [6.45, 7) is 2.05. The summed E-state index contributed by atoms with van der Waals surface area (Å²) in [4.78, 5) is 39.5. The Labute approximate surface area is 208 Å². The van der Waals surface area contributed by atoms with Gasteiger partial charge in [-0.1, -0.05) is 57.4 Å². The van der Waals surface area contributed by atoms with E-state index in [0.717, 1.165) is 32.3 Å². The quantitative estimate of drug-likeness (QED) is 0.200. The van der Waals surface area contributed by atoms with Gasteiger partial charge in [0.2, 0.25) is 0 Å². The average Bonchev–Trinajstić information content (AvgIpc) is 3.03. The van der Waals surface area contributed by atoms with E-state index < -0.39 is 11.9 Å². The van der Waals surface area contributed by atoms with Gasteiger partial charge in [-0.25, -0.2) is 4.79 Å². The fourth-order valence-corrected chi connectivity index (χ4v) is 4.59. The molecule has 8 heteroatoms. The highest BCUT2D eigenvalue weighted by molar-refractivity contribution is 9.10. The van der Waals surface area contributed by atoms with Crippen LogP contribution in [0.3, 0.4) is 0 Å². The van der Waals surface area contributed by atoms with E-state index >= 15 is 0 Å². The molecule has 0 bridgehead atoms. The maximum Gasteiger partial charge on any atom is 0.343 e. The van der Waals surface area contributed by atoms with Gasteiger partial charge in [0.15, 0.2) is 0 Å². The second kappa shape index (κ2) is 9.95. The lowest BCUT2D eigenvalue weighted by Gasteiger charge is -2.12. The summed E-state index contributed by atoms with van der Waals surface area (Å²) in [5, 5.41) is 0.156. The Bertz CT molecular complexity index is 1290. The zero-order chi connectivity index (χ0) is 23.5. The minimum absolute atomic E-state index is 0.121. The van der Waals surface area contributed by atoms with Gasteiger partial charge in [0, 0.05) is 15.1 Å². The van der Waals surface area contributed by atoms with E-state index in [1.54, 1.807) is 60.7 Å². The zero-order valence-corrected chi connectivity index (χ0v) is 20.5. The highest BCUT2D eigenvalue weighted by atomic mass is 79.9. The number of halogens is 2. The molecule has 166 valence electrons. The number of thioether (sulfide) groups is 1. The van der Waals surface area contributed by atoms with Crippen LogP contribution < -0.4 is 4.74 Å². The molecule has 0 aromatic heterocycles. The van der Waals surface area contributed by atoms with Crippen LogP contribution >= 0.6 is 39.3 Å². The van der Waals surface area contributed by atoms with Crippen molar-refractivity contribution in [2.75, 3.05) is 0 Å². The van der Waals surface area contributed by atoms with Crippen LogP contribution in [-0.2, 0) is 11.3 Å². The molecule has 0 unspecified atom stereocenters. The number of imide groups is 1. The van der Waals surface area contributed by atoms with E-state index in [1.165, 1.54) is 0 Å². The van der Waals surface area contributed by atoms with Gasteiger partial charge in [0.1, 0.15) is 5.75 Å². The molecule has 1 fully saturated rings. The van der Waals surface area contributed by atoms with Crippen LogP contribution in [0.2, 0.25) is 5.02 Å². The van der Waals surface area contributed by atoms with E-state index in [0.29, 0.717) is 16.1 Å². The van der Waals surface area contributed by atoms with Gasteiger partial charge in [-0.3, -0.25) is 14.5 Å². The van der Waals surface area contributed by atoms with Crippen LogP contribution in [-0.4, -0.2) is 22.0 Å². The van der Waals surface area contributed by atoms with Gasteiger partial charge in [0.25, 0.3) is 11.1 Å². The highest BCUT2D eigenvalue weighted by Gasteiger charge is 2.35. The third kappa shape index (κ3) is 5.55. The third-order valence-electron chi connectivity index (χ3n) is 4.85. The minimum Gasteiger partial charge on any atom is -0.422 e. The number of hydrogen-bond donors (Lipinski definition) is 0. The number of aryl methyl sites for hydroxylation is 1. The molecule has 33 heavy (non-hydrogen) atoms. The molecule has 2 amide bonds. The smallest absolute Gasteiger partial charge is 0.343 e. The van der Waals surface area contributed by atoms with Crippen LogP contribution in [0.5, 0.6) is 5.75 Å². The Morgan fingerprint density at radius 3 is 2.58 bits per heavy atom. The predicted octanol–water partition coefficient (Wildman–Crippen LogP) is 6.87. The molecule has 0 N–H and O–H groups in total. The topological polar surface area (TPSA) is 63.7 Å². The lowest BCUT2D eigenvalue weighted by atomic mass is 10.1. The van der Waals surface area contributed by atoms with Crippen LogP contribution in [0.25, 0.3) is 6.08 Å². The van der Waals surface area contributed by atoms with Gasteiger partial charge in [-0.2, -0.15) is 0 Å². The Kier molecular flexibility index (Phi) is 7.02. The number of carbonyl (C=O) groups excluding carboxylic acids is 3. The van der Waals surface area contributed by atoms with Crippen molar-refractivity contribution in [1.82, 2.24) is 4.90 Å². The normalized spacial score (nSPS) is 14.8. The van der Waals surface area contributed by atoms with Crippen LogP contribution in [0.15, 0.2) is 76.1 Å². The van der Waals surface area contributed by atoms with Crippen molar-refractivity contribution in [1.29, 1.82) is 0 Å². The molecule has 1 heterocycles. The van der Waals surface area contributed by atoms with Crippen molar-refractivity contribution in [3.8, 4) is 5.75 Å². The first kappa shape index (κ1) is 23.3. The predicted molar refractivity (Wildman–Crippen MR) is 133 cm³/mol. The molecule has 0 saturated carbocycles. The summed E-state index contributed by atoms with van der Waals surface area (Å²) >= 11 is 10.3. The SMILES string of the molecule is Cc1ccc(C(=O)Oc2ccc(Br)cc2/C=C2\SC(=O)N(Cc3cccc(Cl)c3)C2=O)cc1. The van der Waals surface area contributed by atoms with Crippen molar-refractivity contribution in [2.45, 2.75) is 13.5 Å². The lowest BCUT2D eigenvalue weighted by molar-refractivity contribution is -0.123. The van der Waals surface area contributed by atoms with Crippen molar-refractivity contribution in [3.05, 3.63) is 103 Å². The van der Waals surface area contributed by atoms with E-state index in [2.05, 4.69) is 15.9 Å². The van der Waals surface area contributed by atoms with Gasteiger partial charge in [-0.15, -0.1) is 0 Å². The van der Waals surface area contributed by atoms with Crippen molar-refractivity contribution in [3.63, 3.8) is 0 Å². The minimum atomic E-state index is -0.513. The second-order valence-corrected chi connectivity index (χ2v) is 9.68. The lowest BCUT2D eigenvalue weighted by Crippen LogP contribution is -2.27. The van der Waals surface area contributed by atoms with E-state index in [-0.39, 0.29) is 22.4 Å². The number of carbonyl (C=O) groups is 3. The molecule has 4 rings (SSSR count). The van der Waals surface area contributed by atoms with Gasteiger partial charge >= 0.3 is 5.97 Å². The Hall–Kier alpha value is -2.87. The molecule has 1 aliphatic heterocycles. The average molecular weight is 543 g/mol. The number of rotatable bonds is 5. The molecule has 3 aromatic rings. The molecular weight excluding hydrogens is 526 g/mol. The van der Waals surface area contributed by atoms with E-state index in [1.807, 2.05) is 19.1 Å². The van der Waals surface area contributed by atoms with Gasteiger partial charge in [0.05, 0.1) is 17.0 Å². The second-order valence-electron chi connectivity index (χ2n) is 7.34. The molecule has 1 aliphatic rings. The fraction of sp³-hybridized carbons (Fsp3) is 0.0800. The van der Waals surface area contributed by atoms with Gasteiger partial charge < -0.3 is 4.74 Å². The molecular formula is C25H17BrClNO4S. The fourth-order valence-electron chi connectivity index (χ4n) is 3.17. The van der Waals surface area contributed by atoms with Crippen molar-refractivity contribution < 1.29 is 19.1 Å². The zero-order valence-electron chi connectivity index (χ0n) is 17.4. The first-order chi connectivity index (χ1) is 15.8. The Morgan fingerprint density at radius 1 is 1.09 bits per heavy atom. The highest BCUT2D eigenvalue weighted by Crippen LogP contribution is 2.36. The van der Waals surface area contributed by atoms with Crippen molar-refractivity contribution in [2.24, 2.45) is 0 Å². The first-order valence-electron chi connectivity index (χ1n) is 9.88. The summed E-state index contributed by atoms with van der Waals surface area (Å²) in [6, 6.07) is 19.1. The number of hydrogen-bond acceptors (Lipinski definition) is 5. The molecule has 0 atom stereocenters. The van der Waals surface area contributed by atoms with E-state index in [9.17, 15) is 14.4 Å². The van der Waals surface area contributed by atoms with Crippen LogP contribution in [0.1, 0.15) is 27.0 Å². The number of esters is 1. The first-order valence-corrected chi connectivity index (χ1v) is 11.9. The maximum atomic E-state index is 12.9. The number of ether oxygens (including phenoxy) is 1. The summed E-state index contributed by atoms with van der Waals surface area (Å²) < 4.78 is 6.33. The molecule has 0 radical (unpaired) electrons. The standard InChI is InChI=1S/C25H17BrClNO4S/c1-15-5-7-17(8-6-15)24(30)32-21-10-9-19(26)12-18(21)13-22-23(29)28(25(31)33-22)14-16-3-2-4-20(27)11-16/h2-13H,14H2,1H3/b22-13-. The molecule has 5 nitrogen and oxygen atoms in total. The molecule has 1 saturated heterocycles. The summed E-state index contributed by atoms with van der Waals surface area (Å²) in [7, 11) is 0. The summed E-state index contributed by atoms with van der Waals surface area (Å²) in [5.41, 5.74) is 2.69. The number of nitrogens with zero attached hydrogens (tertiary/aromatic N) is 1. The monoisotopic (exact) mass is 541 g/mol. The maximum absolute atomic E-state index is 12.9. The third-order valence-corrected chi connectivity index (χ3v) is 6.49. The number of benzene rings is 3. The Morgan fingerprint density at radius 2 is 1.85 bits per heavy atom. The molecule has 0 spiro atoms.